The molecule has 2 heterocycles. The lowest BCUT2D eigenvalue weighted by Crippen LogP contribution is -2.44. The maximum absolute atomic E-state index is 13.0. The molecule has 0 saturated carbocycles. The van der Waals surface area contributed by atoms with Gasteiger partial charge in [-0.25, -0.2) is 0 Å². The van der Waals surface area contributed by atoms with Gasteiger partial charge in [-0.2, -0.15) is 0 Å². The van der Waals surface area contributed by atoms with Crippen molar-refractivity contribution in [3.05, 3.63) is 54.1 Å². The molecule has 0 radical (unpaired) electrons. The lowest BCUT2D eigenvalue weighted by atomic mass is 10.1. The minimum Gasteiger partial charge on any atom is -0.497 e. The van der Waals surface area contributed by atoms with Gasteiger partial charge >= 0.3 is 0 Å². The molecule has 194 valence electrons. The van der Waals surface area contributed by atoms with Gasteiger partial charge in [0.25, 0.3) is 0 Å². The van der Waals surface area contributed by atoms with Crippen LogP contribution in [0.25, 0.3) is 0 Å². The molecule has 2 amide bonds. The number of carbonyl (C=O) groups is 2. The highest BCUT2D eigenvalue weighted by molar-refractivity contribution is 5.94. The third-order valence-corrected chi connectivity index (χ3v) is 7.11. The van der Waals surface area contributed by atoms with Crippen molar-refractivity contribution in [3.63, 3.8) is 0 Å². The van der Waals surface area contributed by atoms with E-state index < -0.39 is 0 Å². The quantitative estimate of drug-likeness (QED) is 0.608. The number of nitrogens with zero attached hydrogens (tertiary/aromatic N) is 3. The second kappa shape index (κ2) is 12.7. The molecule has 2 fully saturated rings. The van der Waals surface area contributed by atoms with Crippen molar-refractivity contribution in [1.82, 2.24) is 9.80 Å². The summed E-state index contributed by atoms with van der Waals surface area (Å²) < 4.78 is 10.6. The minimum atomic E-state index is -0.265. The summed E-state index contributed by atoms with van der Waals surface area (Å²) in [5, 5.41) is 3.06. The highest BCUT2D eigenvalue weighted by Crippen LogP contribution is 2.20. The average molecular weight is 495 g/mol. The lowest BCUT2D eigenvalue weighted by Gasteiger charge is -2.29. The maximum atomic E-state index is 13.0. The third kappa shape index (κ3) is 6.98. The molecule has 0 bridgehead atoms. The summed E-state index contributed by atoms with van der Waals surface area (Å²) in [5.74, 6) is 0.972. The Bertz CT molecular complexity index is 990. The first-order valence-corrected chi connectivity index (χ1v) is 12.9. The van der Waals surface area contributed by atoms with Crippen LogP contribution >= 0.6 is 0 Å². The molecule has 1 atom stereocenters. The number of methoxy groups -OCH3 is 1. The molecular formula is C28H38N4O4. The topological polar surface area (TPSA) is 74.4 Å². The molecule has 2 aromatic rings. The molecule has 2 aliphatic rings. The number of anilines is 2. The van der Waals surface area contributed by atoms with Gasteiger partial charge in [-0.05, 0) is 61.7 Å². The van der Waals surface area contributed by atoms with Crippen molar-refractivity contribution in [2.75, 3.05) is 69.8 Å². The highest BCUT2D eigenvalue weighted by atomic mass is 16.5. The SMILES string of the molecule is COc1ccc(CCC(=O)N2CCCN(C(C)C(=O)Nc3ccc(N4CCOCC4)cc3)CC2)cc1. The van der Waals surface area contributed by atoms with E-state index in [1.54, 1.807) is 7.11 Å². The van der Waals surface area contributed by atoms with Crippen molar-refractivity contribution in [2.24, 2.45) is 0 Å². The van der Waals surface area contributed by atoms with E-state index in [9.17, 15) is 9.59 Å². The Hall–Kier alpha value is -3.10. The second-order valence-corrected chi connectivity index (χ2v) is 9.43. The van der Waals surface area contributed by atoms with Crippen LogP contribution < -0.4 is 15.0 Å². The zero-order valence-electron chi connectivity index (χ0n) is 21.4. The van der Waals surface area contributed by atoms with Crippen LogP contribution in [0.3, 0.4) is 0 Å². The van der Waals surface area contributed by atoms with Gasteiger partial charge < -0.3 is 24.6 Å². The summed E-state index contributed by atoms with van der Waals surface area (Å²) in [6.45, 7) is 8.08. The first kappa shape index (κ1) is 26.0. The normalized spacial score (nSPS) is 17.8. The molecule has 0 spiro atoms. The number of hydrogen-bond donors (Lipinski definition) is 1. The summed E-state index contributed by atoms with van der Waals surface area (Å²) in [7, 11) is 1.65. The number of morpholine rings is 1. The van der Waals surface area contributed by atoms with Gasteiger partial charge in [0, 0.05) is 57.1 Å². The van der Waals surface area contributed by atoms with Gasteiger partial charge in [-0.3, -0.25) is 14.5 Å². The number of rotatable bonds is 8. The van der Waals surface area contributed by atoms with E-state index >= 15 is 0 Å². The Kier molecular flexibility index (Phi) is 9.19. The molecule has 2 saturated heterocycles. The van der Waals surface area contributed by atoms with Crippen LogP contribution in [0.1, 0.15) is 25.3 Å². The van der Waals surface area contributed by atoms with E-state index in [1.165, 1.54) is 0 Å². The number of amides is 2. The minimum absolute atomic E-state index is 0.0200. The second-order valence-electron chi connectivity index (χ2n) is 9.43. The van der Waals surface area contributed by atoms with Crippen LogP contribution in [0.5, 0.6) is 5.75 Å². The zero-order chi connectivity index (χ0) is 25.3. The fraction of sp³-hybridized carbons (Fsp3) is 0.500. The fourth-order valence-electron chi connectivity index (χ4n) is 4.77. The average Bonchev–Trinajstić information content (AvgIpc) is 3.19. The largest absolute Gasteiger partial charge is 0.497 e. The molecule has 2 aliphatic heterocycles. The number of aryl methyl sites for hydroxylation is 1. The molecule has 8 nitrogen and oxygen atoms in total. The molecule has 2 aromatic carbocycles. The number of ether oxygens (including phenoxy) is 2. The molecule has 0 aromatic heterocycles. The number of benzene rings is 2. The Morgan fingerprint density at radius 2 is 1.67 bits per heavy atom. The van der Waals surface area contributed by atoms with E-state index in [-0.39, 0.29) is 17.9 Å². The molecular weight excluding hydrogens is 456 g/mol. The molecule has 36 heavy (non-hydrogen) atoms. The van der Waals surface area contributed by atoms with E-state index in [4.69, 9.17) is 9.47 Å². The predicted octanol–water partition coefficient (Wildman–Crippen LogP) is 3.03. The van der Waals surface area contributed by atoms with Crippen LogP contribution in [0.2, 0.25) is 0 Å². The zero-order valence-corrected chi connectivity index (χ0v) is 21.4. The first-order chi connectivity index (χ1) is 17.5. The van der Waals surface area contributed by atoms with Gasteiger partial charge in [0.2, 0.25) is 11.8 Å². The number of hydrogen-bond acceptors (Lipinski definition) is 6. The van der Waals surface area contributed by atoms with Crippen molar-refractivity contribution < 1.29 is 19.1 Å². The molecule has 0 aliphatic carbocycles. The van der Waals surface area contributed by atoms with Crippen molar-refractivity contribution in [2.45, 2.75) is 32.2 Å². The van der Waals surface area contributed by atoms with Crippen molar-refractivity contribution >= 4 is 23.2 Å². The summed E-state index contributed by atoms with van der Waals surface area (Å²) in [6, 6.07) is 15.6. The maximum Gasteiger partial charge on any atom is 0.241 e. The Morgan fingerprint density at radius 1 is 0.944 bits per heavy atom. The van der Waals surface area contributed by atoms with Crippen LogP contribution in [0.4, 0.5) is 11.4 Å². The monoisotopic (exact) mass is 494 g/mol. The van der Waals surface area contributed by atoms with Gasteiger partial charge in [-0.15, -0.1) is 0 Å². The van der Waals surface area contributed by atoms with E-state index in [2.05, 4.69) is 15.1 Å². The molecule has 4 rings (SSSR count). The Balaban J connectivity index is 1.23. The first-order valence-electron chi connectivity index (χ1n) is 12.9. The van der Waals surface area contributed by atoms with Crippen LogP contribution in [0, 0.1) is 0 Å². The smallest absolute Gasteiger partial charge is 0.241 e. The highest BCUT2D eigenvalue weighted by Gasteiger charge is 2.25. The predicted molar refractivity (Wildman–Crippen MR) is 142 cm³/mol. The van der Waals surface area contributed by atoms with Gasteiger partial charge in [-0.1, -0.05) is 12.1 Å². The Morgan fingerprint density at radius 3 is 2.36 bits per heavy atom. The lowest BCUT2D eigenvalue weighted by molar-refractivity contribution is -0.131. The Labute approximate surface area is 214 Å². The van der Waals surface area contributed by atoms with E-state index in [0.717, 1.165) is 68.5 Å². The van der Waals surface area contributed by atoms with Crippen molar-refractivity contribution in [1.29, 1.82) is 0 Å². The van der Waals surface area contributed by atoms with Crippen LogP contribution in [-0.2, 0) is 20.7 Å². The van der Waals surface area contributed by atoms with Gasteiger partial charge in [0.1, 0.15) is 5.75 Å². The van der Waals surface area contributed by atoms with E-state index in [1.807, 2.05) is 60.4 Å². The van der Waals surface area contributed by atoms with Crippen molar-refractivity contribution in [3.8, 4) is 5.75 Å². The molecule has 1 N–H and O–H groups in total. The van der Waals surface area contributed by atoms with Crippen LogP contribution in [0.15, 0.2) is 48.5 Å². The summed E-state index contributed by atoms with van der Waals surface area (Å²) >= 11 is 0. The third-order valence-electron chi connectivity index (χ3n) is 7.11. The summed E-state index contributed by atoms with van der Waals surface area (Å²) in [6.07, 6.45) is 2.06. The van der Waals surface area contributed by atoms with Gasteiger partial charge in [0.15, 0.2) is 0 Å². The summed E-state index contributed by atoms with van der Waals surface area (Å²) in [4.78, 5) is 32.2. The summed E-state index contributed by atoms with van der Waals surface area (Å²) in [5.41, 5.74) is 3.08. The fourth-order valence-corrected chi connectivity index (χ4v) is 4.77. The molecule has 8 heteroatoms. The van der Waals surface area contributed by atoms with Gasteiger partial charge in [0.05, 0.1) is 26.4 Å². The van der Waals surface area contributed by atoms with E-state index in [0.29, 0.717) is 25.9 Å². The molecule has 1 unspecified atom stereocenters. The number of nitrogens with one attached hydrogen (secondary N) is 1. The standard InChI is InChI=1S/C28H38N4O4/c1-22(28(34)29-24-7-9-25(10-8-24)31-18-20-36-21-19-31)30-14-3-15-32(17-16-30)27(33)13-6-23-4-11-26(35-2)12-5-23/h4-5,7-12,22H,3,6,13-21H2,1-2H3,(H,29,34). The van der Waals surface area contributed by atoms with Crippen LogP contribution in [-0.4, -0.2) is 87.2 Å². The number of carbonyl (C=O) groups excluding carboxylic acids is 2.